The molecule has 2 N–H and O–H groups in total. The van der Waals surface area contributed by atoms with Gasteiger partial charge in [0.1, 0.15) is 30.5 Å². The molecule has 1 fully saturated rings. The molecule has 12 heteroatoms. The first-order chi connectivity index (χ1) is 14.1. The van der Waals surface area contributed by atoms with Crippen LogP contribution in [0.5, 0.6) is 11.5 Å². The summed E-state index contributed by atoms with van der Waals surface area (Å²) < 4.78 is 57.2. The highest BCUT2D eigenvalue weighted by atomic mass is 19.4. The van der Waals surface area contributed by atoms with Gasteiger partial charge in [0.15, 0.2) is 18.0 Å². The number of hydrogen-bond acceptors (Lipinski definition) is 6. The third-order valence-corrected chi connectivity index (χ3v) is 4.76. The number of aromatic nitrogens is 2. The maximum Gasteiger partial charge on any atom is 0.416 e. The van der Waals surface area contributed by atoms with E-state index in [0.29, 0.717) is 34.3 Å². The first kappa shape index (κ1) is 19.9. The van der Waals surface area contributed by atoms with Crippen molar-refractivity contribution in [1.29, 1.82) is 0 Å². The highest BCUT2D eigenvalue weighted by Crippen LogP contribution is 2.38. The zero-order valence-electron chi connectivity index (χ0n) is 15.7. The van der Waals surface area contributed by atoms with Gasteiger partial charge in [-0.2, -0.15) is 13.2 Å². The van der Waals surface area contributed by atoms with Crippen molar-refractivity contribution in [3.63, 3.8) is 0 Å². The van der Waals surface area contributed by atoms with Crippen molar-refractivity contribution in [1.82, 2.24) is 9.55 Å². The smallest absolute Gasteiger partial charge is 0.416 e. The number of fused-ring (bicyclic) bond motifs is 3. The van der Waals surface area contributed by atoms with Crippen molar-refractivity contribution < 1.29 is 37.0 Å². The second kappa shape index (κ2) is 7.11. The average Bonchev–Trinajstić information content (AvgIpc) is 3.21. The van der Waals surface area contributed by atoms with Crippen molar-refractivity contribution in [2.75, 3.05) is 18.1 Å². The molecule has 3 heterocycles. The monoisotopic (exact) mass is 426 g/mol. The molecule has 0 radical (unpaired) electrons. The number of hydrogen-bond donors (Lipinski definition) is 1. The van der Waals surface area contributed by atoms with Crippen LogP contribution in [0.25, 0.3) is 11.4 Å². The lowest BCUT2D eigenvalue weighted by Gasteiger charge is -2.21. The quantitative estimate of drug-likeness (QED) is 0.802. The van der Waals surface area contributed by atoms with Crippen LogP contribution in [0.4, 0.5) is 23.8 Å². The van der Waals surface area contributed by atoms with Crippen molar-refractivity contribution in [3.8, 4) is 22.9 Å². The second-order valence-corrected chi connectivity index (χ2v) is 6.79. The van der Waals surface area contributed by atoms with E-state index < -0.39 is 36.9 Å². The summed E-state index contributed by atoms with van der Waals surface area (Å²) in [4.78, 5) is 27.9. The Morgan fingerprint density at radius 1 is 1.37 bits per heavy atom. The standard InChI is InChI=1S/C18H17F3N4O5/c1-9(15(22)26)30-10-2-3-11-12(6-10)28-5-4-24-7-14(23-16(11)24)25-13(18(19,20)21)8-29-17(25)27/h2-3,6-7,9,13H,4-5,8H2,1H3,(H2,22,26)/t9-,13-/m0/s1. The van der Waals surface area contributed by atoms with Crippen LogP contribution in [0.15, 0.2) is 24.4 Å². The number of nitrogens with zero attached hydrogens (tertiary/aromatic N) is 3. The van der Waals surface area contributed by atoms with Crippen LogP contribution in [0.1, 0.15) is 6.92 Å². The Labute approximate surface area is 168 Å². The van der Waals surface area contributed by atoms with Crippen LogP contribution in [0, 0.1) is 0 Å². The first-order valence-corrected chi connectivity index (χ1v) is 8.98. The van der Waals surface area contributed by atoms with E-state index in [-0.39, 0.29) is 12.4 Å². The number of cyclic esters (lactones) is 1. The van der Waals surface area contributed by atoms with E-state index in [1.807, 2.05) is 0 Å². The SMILES string of the molecule is C[C@H](Oc1ccc2c(c1)OCCn1cc(N3C(=O)OC[C@H]3C(F)(F)F)nc1-2)C(N)=O. The molecule has 0 aliphatic carbocycles. The summed E-state index contributed by atoms with van der Waals surface area (Å²) in [6.07, 6.45) is -5.26. The van der Waals surface area contributed by atoms with E-state index in [4.69, 9.17) is 15.2 Å². The van der Waals surface area contributed by atoms with Crippen molar-refractivity contribution in [3.05, 3.63) is 24.4 Å². The third kappa shape index (κ3) is 3.48. The molecule has 2 aliphatic heterocycles. The molecule has 2 amide bonds. The van der Waals surface area contributed by atoms with Gasteiger partial charge in [0, 0.05) is 12.3 Å². The summed E-state index contributed by atoms with van der Waals surface area (Å²) in [5.74, 6) is 0.234. The molecule has 2 aromatic rings. The predicted octanol–water partition coefficient (Wildman–Crippen LogP) is 2.08. The summed E-state index contributed by atoms with van der Waals surface area (Å²) in [6, 6.07) is 2.61. The fourth-order valence-electron chi connectivity index (χ4n) is 3.22. The Morgan fingerprint density at radius 2 is 2.13 bits per heavy atom. The van der Waals surface area contributed by atoms with Crippen LogP contribution in [-0.4, -0.2) is 53.1 Å². The largest absolute Gasteiger partial charge is 0.491 e. The number of ether oxygens (including phenoxy) is 3. The number of benzene rings is 1. The van der Waals surface area contributed by atoms with Crippen molar-refractivity contribution in [2.45, 2.75) is 31.8 Å². The molecule has 0 spiro atoms. The lowest BCUT2D eigenvalue weighted by Crippen LogP contribution is -2.44. The molecule has 1 aromatic heterocycles. The third-order valence-electron chi connectivity index (χ3n) is 4.76. The van der Waals surface area contributed by atoms with Crippen LogP contribution < -0.4 is 20.1 Å². The Kier molecular flexibility index (Phi) is 4.71. The number of primary amides is 1. The van der Waals surface area contributed by atoms with Crippen LogP contribution >= 0.6 is 0 Å². The molecule has 0 bridgehead atoms. The van der Waals surface area contributed by atoms with Crippen molar-refractivity contribution in [2.24, 2.45) is 5.73 Å². The summed E-state index contributed by atoms with van der Waals surface area (Å²) in [5.41, 5.74) is 5.69. The minimum Gasteiger partial charge on any atom is -0.491 e. The number of nitrogens with two attached hydrogens (primary N) is 1. The number of carbonyl (C=O) groups is 2. The van der Waals surface area contributed by atoms with E-state index in [0.717, 1.165) is 0 Å². The van der Waals surface area contributed by atoms with Gasteiger partial charge in [0.25, 0.3) is 5.91 Å². The van der Waals surface area contributed by atoms with Gasteiger partial charge in [-0.25, -0.2) is 14.7 Å². The summed E-state index contributed by atoms with van der Waals surface area (Å²) in [7, 11) is 0. The van der Waals surface area contributed by atoms with Gasteiger partial charge in [-0.05, 0) is 19.1 Å². The van der Waals surface area contributed by atoms with E-state index in [9.17, 15) is 22.8 Å². The normalized spacial score (nSPS) is 19.3. The number of amides is 2. The Morgan fingerprint density at radius 3 is 2.83 bits per heavy atom. The first-order valence-electron chi connectivity index (χ1n) is 8.98. The highest BCUT2D eigenvalue weighted by molar-refractivity contribution is 5.90. The molecular formula is C18H17F3N4O5. The molecule has 4 rings (SSSR count). The molecule has 9 nitrogen and oxygen atoms in total. The van der Waals surface area contributed by atoms with Crippen molar-refractivity contribution >= 4 is 17.8 Å². The average molecular weight is 426 g/mol. The number of halogens is 3. The van der Waals surface area contributed by atoms with Gasteiger partial charge < -0.3 is 24.5 Å². The molecule has 1 saturated heterocycles. The number of carbonyl (C=O) groups excluding carboxylic acids is 2. The topological polar surface area (TPSA) is 109 Å². The maximum absolute atomic E-state index is 13.3. The summed E-state index contributed by atoms with van der Waals surface area (Å²) in [6.45, 7) is 1.21. The Balaban J connectivity index is 1.69. The predicted molar refractivity (Wildman–Crippen MR) is 96.1 cm³/mol. The molecule has 0 unspecified atom stereocenters. The van der Waals surface area contributed by atoms with Gasteiger partial charge in [-0.3, -0.25) is 4.79 Å². The van der Waals surface area contributed by atoms with Gasteiger partial charge in [0.2, 0.25) is 0 Å². The lowest BCUT2D eigenvalue weighted by atomic mass is 10.1. The second-order valence-electron chi connectivity index (χ2n) is 6.79. The van der Waals surface area contributed by atoms with Gasteiger partial charge in [-0.1, -0.05) is 0 Å². The summed E-state index contributed by atoms with van der Waals surface area (Å²) in [5, 5.41) is 0. The van der Waals surface area contributed by atoms with Crippen LogP contribution in [0.3, 0.4) is 0 Å². The van der Waals surface area contributed by atoms with Gasteiger partial charge in [-0.15, -0.1) is 0 Å². The van der Waals surface area contributed by atoms with Crippen LogP contribution in [0.2, 0.25) is 0 Å². The number of imidazole rings is 1. The Bertz CT molecular complexity index is 1010. The molecule has 160 valence electrons. The lowest BCUT2D eigenvalue weighted by molar-refractivity contribution is -0.147. The number of anilines is 1. The zero-order valence-corrected chi connectivity index (χ0v) is 15.7. The zero-order chi connectivity index (χ0) is 21.6. The van der Waals surface area contributed by atoms with Gasteiger partial charge >= 0.3 is 12.3 Å². The molecule has 2 aliphatic rings. The van der Waals surface area contributed by atoms with E-state index in [1.165, 1.54) is 13.1 Å². The fraction of sp³-hybridized carbons (Fsp3) is 0.389. The molecule has 30 heavy (non-hydrogen) atoms. The Hall–Kier alpha value is -3.44. The minimum absolute atomic E-state index is 0.162. The minimum atomic E-state index is -4.66. The number of rotatable bonds is 4. The van der Waals surface area contributed by atoms with E-state index in [2.05, 4.69) is 9.72 Å². The van der Waals surface area contributed by atoms with Gasteiger partial charge in [0.05, 0.1) is 12.1 Å². The molecule has 1 aromatic carbocycles. The molecule has 2 atom stereocenters. The highest BCUT2D eigenvalue weighted by Gasteiger charge is 2.52. The molecule has 0 saturated carbocycles. The van der Waals surface area contributed by atoms with E-state index in [1.54, 1.807) is 22.8 Å². The van der Waals surface area contributed by atoms with E-state index >= 15 is 0 Å². The fourth-order valence-corrected chi connectivity index (χ4v) is 3.22. The molecular weight excluding hydrogens is 409 g/mol. The maximum atomic E-state index is 13.3. The summed E-state index contributed by atoms with van der Waals surface area (Å²) >= 11 is 0. The number of alkyl halides is 3. The van der Waals surface area contributed by atoms with Crippen LogP contribution in [-0.2, 0) is 16.1 Å².